The van der Waals surface area contributed by atoms with E-state index < -0.39 is 0 Å². The van der Waals surface area contributed by atoms with E-state index in [1.807, 2.05) is 6.20 Å². The van der Waals surface area contributed by atoms with Crippen LogP contribution >= 0.6 is 11.6 Å². The minimum Gasteiger partial charge on any atom is -0.316 e. The van der Waals surface area contributed by atoms with Crippen LogP contribution < -0.4 is 5.32 Å². The van der Waals surface area contributed by atoms with E-state index >= 15 is 0 Å². The third-order valence-corrected chi connectivity index (χ3v) is 4.95. The van der Waals surface area contributed by atoms with Crippen molar-refractivity contribution < 1.29 is 0 Å². The highest BCUT2D eigenvalue weighted by molar-refractivity contribution is 6.31. The standard InChI is InChI=1S/C18H29ClN2/c1-14(2)11-21-12-17-7-5-3-4-6-15(17)10-16-8-9-20-13-18(16)19/h8-9,13-15,17,21H,3-7,10-12H2,1-2H3. The highest BCUT2D eigenvalue weighted by atomic mass is 35.5. The van der Waals surface area contributed by atoms with Crippen LogP contribution in [0.2, 0.25) is 5.02 Å². The van der Waals surface area contributed by atoms with Gasteiger partial charge in [0.05, 0.1) is 5.02 Å². The molecule has 0 radical (unpaired) electrons. The van der Waals surface area contributed by atoms with Crippen LogP contribution in [-0.4, -0.2) is 18.1 Å². The summed E-state index contributed by atoms with van der Waals surface area (Å²) in [4.78, 5) is 4.10. The van der Waals surface area contributed by atoms with E-state index in [9.17, 15) is 0 Å². The lowest BCUT2D eigenvalue weighted by Gasteiger charge is -2.26. The van der Waals surface area contributed by atoms with Gasteiger partial charge in [0.25, 0.3) is 0 Å². The molecule has 3 heteroatoms. The van der Waals surface area contributed by atoms with E-state index in [1.165, 1.54) is 37.7 Å². The molecule has 1 aromatic rings. The number of halogens is 1. The largest absolute Gasteiger partial charge is 0.316 e. The first-order valence-corrected chi connectivity index (χ1v) is 8.83. The Labute approximate surface area is 134 Å². The fourth-order valence-corrected chi connectivity index (χ4v) is 3.60. The quantitative estimate of drug-likeness (QED) is 0.769. The van der Waals surface area contributed by atoms with E-state index in [-0.39, 0.29) is 0 Å². The van der Waals surface area contributed by atoms with Gasteiger partial charge in [-0.3, -0.25) is 4.98 Å². The van der Waals surface area contributed by atoms with Gasteiger partial charge in [-0.05, 0) is 61.7 Å². The Morgan fingerprint density at radius 1 is 1.24 bits per heavy atom. The molecule has 1 aliphatic carbocycles. The number of nitrogens with zero attached hydrogens (tertiary/aromatic N) is 1. The number of rotatable bonds is 6. The highest BCUT2D eigenvalue weighted by Crippen LogP contribution is 2.32. The van der Waals surface area contributed by atoms with E-state index in [4.69, 9.17) is 11.6 Å². The van der Waals surface area contributed by atoms with Crippen molar-refractivity contribution in [2.45, 2.75) is 52.4 Å². The molecule has 1 aliphatic rings. The van der Waals surface area contributed by atoms with Gasteiger partial charge in [-0.1, -0.05) is 44.7 Å². The average molecular weight is 309 g/mol. The Hall–Kier alpha value is -0.600. The first-order valence-electron chi connectivity index (χ1n) is 8.46. The fourth-order valence-electron chi connectivity index (χ4n) is 3.41. The molecule has 2 rings (SSSR count). The SMILES string of the molecule is CC(C)CNCC1CCCCCC1Cc1ccncc1Cl. The van der Waals surface area contributed by atoms with Crippen molar-refractivity contribution in [3.63, 3.8) is 0 Å². The lowest BCUT2D eigenvalue weighted by atomic mass is 9.83. The van der Waals surface area contributed by atoms with E-state index in [2.05, 4.69) is 30.2 Å². The number of nitrogens with one attached hydrogen (secondary N) is 1. The Morgan fingerprint density at radius 2 is 2.00 bits per heavy atom. The van der Waals surface area contributed by atoms with Crippen LogP contribution in [0, 0.1) is 17.8 Å². The zero-order chi connectivity index (χ0) is 15.1. The molecular formula is C18H29ClN2. The third-order valence-electron chi connectivity index (χ3n) is 4.61. The molecule has 21 heavy (non-hydrogen) atoms. The summed E-state index contributed by atoms with van der Waals surface area (Å²) in [5, 5.41) is 4.50. The van der Waals surface area contributed by atoms with Crippen LogP contribution in [0.25, 0.3) is 0 Å². The molecule has 0 saturated heterocycles. The van der Waals surface area contributed by atoms with Crippen molar-refractivity contribution >= 4 is 11.6 Å². The van der Waals surface area contributed by atoms with Crippen LogP contribution in [0.1, 0.15) is 51.5 Å². The van der Waals surface area contributed by atoms with Gasteiger partial charge < -0.3 is 5.32 Å². The molecule has 118 valence electrons. The average Bonchev–Trinajstić information content (AvgIpc) is 2.67. The normalized spacial score (nSPS) is 23.2. The molecule has 0 spiro atoms. The summed E-state index contributed by atoms with van der Waals surface area (Å²) in [5.74, 6) is 2.27. The number of hydrogen-bond acceptors (Lipinski definition) is 2. The van der Waals surface area contributed by atoms with Gasteiger partial charge in [0.2, 0.25) is 0 Å². The number of pyridine rings is 1. The molecule has 2 atom stereocenters. The molecule has 0 amide bonds. The highest BCUT2D eigenvalue weighted by Gasteiger charge is 2.24. The lowest BCUT2D eigenvalue weighted by Crippen LogP contribution is -2.31. The van der Waals surface area contributed by atoms with Gasteiger partial charge in [0, 0.05) is 12.4 Å². The van der Waals surface area contributed by atoms with Crippen molar-refractivity contribution in [1.29, 1.82) is 0 Å². The predicted octanol–water partition coefficient (Wildman–Crippen LogP) is 4.72. The molecule has 1 saturated carbocycles. The first kappa shape index (κ1) is 16.8. The summed E-state index contributed by atoms with van der Waals surface area (Å²) < 4.78 is 0. The van der Waals surface area contributed by atoms with Gasteiger partial charge in [-0.25, -0.2) is 0 Å². The van der Waals surface area contributed by atoms with Crippen molar-refractivity contribution in [2.75, 3.05) is 13.1 Å². The Morgan fingerprint density at radius 3 is 2.71 bits per heavy atom. The maximum atomic E-state index is 6.30. The Balaban J connectivity index is 1.96. The second-order valence-electron chi connectivity index (χ2n) is 6.88. The van der Waals surface area contributed by atoms with Crippen LogP contribution in [0.5, 0.6) is 0 Å². The maximum Gasteiger partial charge on any atom is 0.0621 e. The maximum absolute atomic E-state index is 6.30. The van der Waals surface area contributed by atoms with Gasteiger partial charge in [-0.15, -0.1) is 0 Å². The molecule has 1 aromatic heterocycles. The molecule has 0 aromatic carbocycles. The van der Waals surface area contributed by atoms with Crippen molar-refractivity contribution in [3.8, 4) is 0 Å². The molecular weight excluding hydrogens is 280 g/mol. The minimum absolute atomic E-state index is 0.726. The number of aromatic nitrogens is 1. The molecule has 0 aliphatic heterocycles. The molecule has 0 bridgehead atoms. The third kappa shape index (κ3) is 5.60. The zero-order valence-corrected chi connectivity index (χ0v) is 14.2. The molecule has 1 N–H and O–H groups in total. The second-order valence-corrected chi connectivity index (χ2v) is 7.29. The predicted molar refractivity (Wildman–Crippen MR) is 90.7 cm³/mol. The molecule has 1 heterocycles. The first-order chi connectivity index (χ1) is 10.2. The summed E-state index contributed by atoms with van der Waals surface area (Å²) in [7, 11) is 0. The van der Waals surface area contributed by atoms with E-state index in [1.54, 1.807) is 6.20 Å². The zero-order valence-electron chi connectivity index (χ0n) is 13.4. The van der Waals surface area contributed by atoms with E-state index in [0.29, 0.717) is 0 Å². The van der Waals surface area contributed by atoms with E-state index in [0.717, 1.165) is 42.3 Å². The van der Waals surface area contributed by atoms with Crippen molar-refractivity contribution in [2.24, 2.45) is 17.8 Å². The van der Waals surface area contributed by atoms with Crippen molar-refractivity contribution in [3.05, 3.63) is 29.0 Å². The van der Waals surface area contributed by atoms with Crippen LogP contribution in [0.3, 0.4) is 0 Å². The molecule has 2 unspecified atom stereocenters. The molecule has 1 fully saturated rings. The summed E-state index contributed by atoms with van der Waals surface area (Å²) >= 11 is 6.30. The van der Waals surface area contributed by atoms with Crippen molar-refractivity contribution in [1.82, 2.24) is 10.3 Å². The summed E-state index contributed by atoms with van der Waals surface area (Å²) in [6.07, 6.45) is 11.6. The van der Waals surface area contributed by atoms with Gasteiger partial charge in [0.15, 0.2) is 0 Å². The topological polar surface area (TPSA) is 24.9 Å². The molecule has 2 nitrogen and oxygen atoms in total. The van der Waals surface area contributed by atoms with Crippen LogP contribution in [0.4, 0.5) is 0 Å². The van der Waals surface area contributed by atoms with Gasteiger partial charge in [0.1, 0.15) is 0 Å². The fraction of sp³-hybridized carbons (Fsp3) is 0.722. The minimum atomic E-state index is 0.726. The Bertz CT molecular complexity index is 419. The smallest absolute Gasteiger partial charge is 0.0621 e. The summed E-state index contributed by atoms with van der Waals surface area (Å²) in [6.45, 7) is 6.83. The lowest BCUT2D eigenvalue weighted by molar-refractivity contribution is 0.294. The monoisotopic (exact) mass is 308 g/mol. The summed E-state index contributed by atoms with van der Waals surface area (Å²) in [5.41, 5.74) is 1.27. The van der Waals surface area contributed by atoms with Gasteiger partial charge >= 0.3 is 0 Å². The number of hydrogen-bond donors (Lipinski definition) is 1. The summed E-state index contributed by atoms with van der Waals surface area (Å²) in [6, 6.07) is 2.09. The Kier molecular flexibility index (Phi) is 6.98. The van der Waals surface area contributed by atoms with Crippen LogP contribution in [-0.2, 0) is 6.42 Å². The van der Waals surface area contributed by atoms with Crippen LogP contribution in [0.15, 0.2) is 18.5 Å². The van der Waals surface area contributed by atoms with Gasteiger partial charge in [-0.2, -0.15) is 0 Å². The second kappa shape index (κ2) is 8.75.